The zero-order chi connectivity index (χ0) is 11.7. The SMILES string of the molecule is Clc1ccc(N=c2snc3ccccn23)cc1. The van der Waals surface area contributed by atoms with E-state index in [4.69, 9.17) is 11.6 Å². The van der Waals surface area contributed by atoms with E-state index in [-0.39, 0.29) is 0 Å². The topological polar surface area (TPSA) is 29.7 Å². The largest absolute Gasteiger partial charge is 0.275 e. The highest BCUT2D eigenvalue weighted by Crippen LogP contribution is 2.15. The van der Waals surface area contributed by atoms with Crippen LogP contribution in [0.1, 0.15) is 0 Å². The van der Waals surface area contributed by atoms with Crippen molar-refractivity contribution in [3.8, 4) is 0 Å². The van der Waals surface area contributed by atoms with Gasteiger partial charge < -0.3 is 0 Å². The van der Waals surface area contributed by atoms with Gasteiger partial charge >= 0.3 is 0 Å². The summed E-state index contributed by atoms with van der Waals surface area (Å²) in [6, 6.07) is 13.3. The molecule has 0 aliphatic carbocycles. The molecule has 0 N–H and O–H groups in total. The summed E-state index contributed by atoms with van der Waals surface area (Å²) in [4.78, 5) is 5.38. The van der Waals surface area contributed by atoms with Crippen molar-refractivity contribution in [1.82, 2.24) is 8.77 Å². The first-order valence-corrected chi connectivity index (χ1v) is 6.21. The van der Waals surface area contributed by atoms with E-state index in [0.717, 1.165) is 16.1 Å². The van der Waals surface area contributed by atoms with Gasteiger partial charge in [0.05, 0.1) is 5.69 Å². The third-order valence-electron chi connectivity index (χ3n) is 2.32. The Kier molecular flexibility index (Phi) is 2.66. The Hall–Kier alpha value is -1.65. The van der Waals surface area contributed by atoms with E-state index in [9.17, 15) is 0 Å². The average Bonchev–Trinajstić information content (AvgIpc) is 2.76. The van der Waals surface area contributed by atoms with E-state index < -0.39 is 0 Å². The summed E-state index contributed by atoms with van der Waals surface area (Å²) in [6.07, 6.45) is 1.95. The van der Waals surface area contributed by atoms with Gasteiger partial charge in [0.2, 0.25) is 4.80 Å². The average molecular weight is 262 g/mol. The van der Waals surface area contributed by atoms with E-state index in [0.29, 0.717) is 5.02 Å². The van der Waals surface area contributed by atoms with Gasteiger partial charge in [-0.3, -0.25) is 4.40 Å². The zero-order valence-corrected chi connectivity index (χ0v) is 10.3. The van der Waals surface area contributed by atoms with Gasteiger partial charge in [0, 0.05) is 22.8 Å². The monoisotopic (exact) mass is 261 g/mol. The molecule has 3 aromatic rings. The molecule has 0 bridgehead atoms. The van der Waals surface area contributed by atoms with Crippen molar-refractivity contribution in [2.45, 2.75) is 0 Å². The Morgan fingerprint density at radius 1 is 1.12 bits per heavy atom. The molecule has 0 saturated heterocycles. The lowest BCUT2D eigenvalue weighted by Crippen LogP contribution is -2.04. The minimum atomic E-state index is 0.714. The molecule has 0 unspecified atom stereocenters. The lowest BCUT2D eigenvalue weighted by Gasteiger charge is -1.93. The number of aromatic nitrogens is 2. The first-order chi connectivity index (χ1) is 8.33. The number of rotatable bonds is 1. The maximum absolute atomic E-state index is 5.83. The molecule has 1 aromatic carbocycles. The standard InChI is InChI=1S/C12H8ClN3S/c13-9-4-6-10(7-5-9)14-12-16-8-2-1-3-11(16)15-17-12/h1-8H. The number of benzene rings is 1. The molecule has 0 aliphatic rings. The van der Waals surface area contributed by atoms with Crippen LogP contribution >= 0.6 is 23.1 Å². The smallest absolute Gasteiger partial charge is 0.213 e. The van der Waals surface area contributed by atoms with Crippen LogP contribution in [0.25, 0.3) is 5.65 Å². The molecule has 3 nitrogen and oxygen atoms in total. The van der Waals surface area contributed by atoms with Crippen LogP contribution in [0.3, 0.4) is 0 Å². The molecule has 17 heavy (non-hydrogen) atoms. The van der Waals surface area contributed by atoms with Gasteiger partial charge in [0.25, 0.3) is 0 Å². The first kappa shape index (κ1) is 10.5. The molecular weight excluding hydrogens is 254 g/mol. The fourth-order valence-electron chi connectivity index (χ4n) is 1.50. The molecule has 0 aliphatic heterocycles. The highest BCUT2D eigenvalue weighted by molar-refractivity contribution is 7.03. The van der Waals surface area contributed by atoms with Crippen LogP contribution in [0, 0.1) is 0 Å². The Balaban J connectivity index is 2.18. The zero-order valence-electron chi connectivity index (χ0n) is 8.75. The number of halogens is 1. The molecule has 0 saturated carbocycles. The van der Waals surface area contributed by atoms with Gasteiger partial charge in [0.1, 0.15) is 0 Å². The minimum Gasteiger partial charge on any atom is -0.275 e. The molecule has 3 rings (SSSR count). The van der Waals surface area contributed by atoms with Crippen molar-refractivity contribution in [1.29, 1.82) is 0 Å². The summed E-state index contributed by atoms with van der Waals surface area (Å²) < 4.78 is 6.27. The van der Waals surface area contributed by atoms with Gasteiger partial charge in [-0.1, -0.05) is 17.7 Å². The van der Waals surface area contributed by atoms with E-state index in [1.165, 1.54) is 11.5 Å². The van der Waals surface area contributed by atoms with Crippen LogP contribution in [0.4, 0.5) is 5.69 Å². The second kappa shape index (κ2) is 4.31. The van der Waals surface area contributed by atoms with Crippen molar-refractivity contribution in [3.63, 3.8) is 0 Å². The van der Waals surface area contributed by atoms with Crippen LogP contribution < -0.4 is 4.80 Å². The summed E-state index contributed by atoms with van der Waals surface area (Å²) in [7, 11) is 0. The first-order valence-electron chi connectivity index (χ1n) is 5.06. The molecule has 0 spiro atoms. The van der Waals surface area contributed by atoms with Crippen LogP contribution in [-0.2, 0) is 0 Å². The number of nitrogens with zero attached hydrogens (tertiary/aromatic N) is 3. The van der Waals surface area contributed by atoms with E-state index >= 15 is 0 Å². The van der Waals surface area contributed by atoms with Crippen LogP contribution in [0.15, 0.2) is 53.7 Å². The van der Waals surface area contributed by atoms with Crippen molar-refractivity contribution in [2.75, 3.05) is 0 Å². The van der Waals surface area contributed by atoms with Crippen molar-refractivity contribution >= 4 is 34.5 Å². The van der Waals surface area contributed by atoms with Crippen molar-refractivity contribution < 1.29 is 0 Å². The fourth-order valence-corrected chi connectivity index (χ4v) is 2.34. The third-order valence-corrected chi connectivity index (χ3v) is 3.30. The molecule has 0 amide bonds. The van der Waals surface area contributed by atoms with Gasteiger partial charge in [-0.15, -0.1) is 0 Å². The number of pyridine rings is 1. The second-order valence-electron chi connectivity index (χ2n) is 3.48. The number of fused-ring (bicyclic) bond motifs is 1. The lowest BCUT2D eigenvalue weighted by molar-refractivity contribution is 1.09. The van der Waals surface area contributed by atoms with E-state index in [1.54, 1.807) is 0 Å². The van der Waals surface area contributed by atoms with Gasteiger partial charge in [-0.05, 0) is 36.4 Å². The van der Waals surface area contributed by atoms with E-state index in [1.807, 2.05) is 53.1 Å². The molecule has 0 fully saturated rings. The maximum atomic E-state index is 5.83. The third kappa shape index (κ3) is 2.09. The summed E-state index contributed by atoms with van der Waals surface area (Å²) in [6.45, 7) is 0. The van der Waals surface area contributed by atoms with Crippen LogP contribution in [0.2, 0.25) is 5.02 Å². The second-order valence-corrected chi connectivity index (χ2v) is 4.65. The predicted octanol–water partition coefficient (Wildman–Crippen LogP) is 3.28. The van der Waals surface area contributed by atoms with Crippen molar-refractivity contribution in [2.24, 2.45) is 4.99 Å². The fraction of sp³-hybridized carbons (Fsp3) is 0. The molecule has 0 atom stereocenters. The highest BCUT2D eigenvalue weighted by Gasteiger charge is 1.97. The Morgan fingerprint density at radius 3 is 2.76 bits per heavy atom. The number of hydrogen-bond donors (Lipinski definition) is 0. The Labute approximate surface area is 107 Å². The molecule has 0 radical (unpaired) electrons. The number of hydrogen-bond acceptors (Lipinski definition) is 3. The molecule has 84 valence electrons. The van der Waals surface area contributed by atoms with Crippen molar-refractivity contribution in [3.05, 3.63) is 58.5 Å². The summed E-state index contributed by atoms with van der Waals surface area (Å²) in [5, 5.41) is 0.714. The van der Waals surface area contributed by atoms with Crippen LogP contribution in [0.5, 0.6) is 0 Å². The van der Waals surface area contributed by atoms with Gasteiger partial charge in [-0.2, -0.15) is 4.37 Å². The summed E-state index contributed by atoms with van der Waals surface area (Å²) >= 11 is 7.21. The Morgan fingerprint density at radius 2 is 1.94 bits per heavy atom. The lowest BCUT2D eigenvalue weighted by atomic mass is 10.3. The predicted molar refractivity (Wildman–Crippen MR) is 69.7 cm³/mol. The molecule has 2 heterocycles. The normalized spacial score (nSPS) is 12.2. The highest BCUT2D eigenvalue weighted by atomic mass is 35.5. The maximum Gasteiger partial charge on any atom is 0.213 e. The minimum absolute atomic E-state index is 0.714. The van der Waals surface area contributed by atoms with Gasteiger partial charge in [0.15, 0.2) is 5.65 Å². The molecule has 2 aromatic heterocycles. The summed E-state index contributed by atoms with van der Waals surface area (Å²) in [5.41, 5.74) is 1.78. The molecule has 5 heteroatoms. The quantitative estimate of drug-likeness (QED) is 0.661. The Bertz CT molecular complexity index is 712. The summed E-state index contributed by atoms with van der Waals surface area (Å²) in [5.74, 6) is 0. The van der Waals surface area contributed by atoms with E-state index in [2.05, 4.69) is 9.37 Å². The van der Waals surface area contributed by atoms with Crippen LogP contribution in [-0.4, -0.2) is 8.77 Å². The molecular formula is C12H8ClN3S. The van der Waals surface area contributed by atoms with Gasteiger partial charge in [-0.25, -0.2) is 4.99 Å².